The molecule has 142 valence electrons. The van der Waals surface area contributed by atoms with Gasteiger partial charge in [-0.15, -0.1) is 12.4 Å². The van der Waals surface area contributed by atoms with Crippen LogP contribution in [0.15, 0.2) is 59.9 Å². The second-order valence-corrected chi connectivity index (χ2v) is 6.38. The van der Waals surface area contributed by atoms with Gasteiger partial charge in [-0.3, -0.25) is 4.98 Å². The lowest BCUT2D eigenvalue weighted by Gasteiger charge is -2.09. The molecule has 0 fully saturated rings. The predicted molar refractivity (Wildman–Crippen MR) is 101 cm³/mol. The van der Waals surface area contributed by atoms with Crippen molar-refractivity contribution in [1.29, 1.82) is 0 Å². The van der Waals surface area contributed by atoms with Crippen molar-refractivity contribution in [3.05, 3.63) is 71.7 Å². The molecule has 1 aromatic carbocycles. The molecule has 2 heterocycles. The molecule has 9 heteroatoms. The first-order valence-electron chi connectivity index (χ1n) is 7.74. The van der Waals surface area contributed by atoms with Gasteiger partial charge in [0.25, 0.3) is 0 Å². The van der Waals surface area contributed by atoms with Crippen LogP contribution < -0.4 is 5.73 Å². The fourth-order valence-corrected chi connectivity index (χ4v) is 3.06. The first kappa shape index (κ1) is 21.1. The van der Waals surface area contributed by atoms with Gasteiger partial charge in [0.1, 0.15) is 5.69 Å². The summed E-state index contributed by atoms with van der Waals surface area (Å²) in [4.78, 5) is 12.3. The van der Waals surface area contributed by atoms with Gasteiger partial charge in [0.15, 0.2) is 5.16 Å². The molecule has 0 aliphatic rings. The van der Waals surface area contributed by atoms with Crippen molar-refractivity contribution in [1.82, 2.24) is 15.0 Å². The maximum absolute atomic E-state index is 12.7. The maximum Gasteiger partial charge on any atom is 0.433 e. The van der Waals surface area contributed by atoms with E-state index in [0.29, 0.717) is 27.9 Å². The number of halogens is 4. The number of aromatic nitrogens is 3. The van der Waals surface area contributed by atoms with E-state index in [2.05, 4.69) is 15.0 Å². The summed E-state index contributed by atoms with van der Waals surface area (Å²) in [6, 6.07) is 13.8. The summed E-state index contributed by atoms with van der Waals surface area (Å²) in [5, 5.41) is 0.520. The number of nitrogens with two attached hydrogens (primary N) is 1. The molecule has 0 radical (unpaired) electrons. The van der Waals surface area contributed by atoms with Crippen LogP contribution in [0.3, 0.4) is 0 Å². The van der Waals surface area contributed by atoms with E-state index in [1.54, 1.807) is 6.07 Å². The zero-order valence-electron chi connectivity index (χ0n) is 14.0. The molecule has 0 saturated carbocycles. The highest BCUT2D eigenvalue weighted by molar-refractivity contribution is 7.98. The summed E-state index contributed by atoms with van der Waals surface area (Å²) in [7, 11) is 0. The summed E-state index contributed by atoms with van der Waals surface area (Å²) in [5.41, 5.74) is 7.47. The van der Waals surface area contributed by atoms with E-state index < -0.39 is 11.9 Å². The van der Waals surface area contributed by atoms with Gasteiger partial charge in [-0.2, -0.15) is 13.2 Å². The molecule has 0 aliphatic carbocycles. The van der Waals surface area contributed by atoms with Crippen LogP contribution in [-0.2, 0) is 18.5 Å². The van der Waals surface area contributed by atoms with Crippen LogP contribution in [0, 0.1) is 0 Å². The molecule has 4 nitrogen and oxygen atoms in total. The molecule has 0 unspecified atom stereocenters. The molecule has 27 heavy (non-hydrogen) atoms. The van der Waals surface area contributed by atoms with Gasteiger partial charge in [0.05, 0.1) is 11.4 Å². The Balaban J connectivity index is 0.00000261. The normalized spacial score (nSPS) is 11.1. The molecule has 0 atom stereocenters. The van der Waals surface area contributed by atoms with Crippen LogP contribution in [-0.4, -0.2) is 15.0 Å². The van der Waals surface area contributed by atoms with Crippen LogP contribution >= 0.6 is 24.2 Å². The van der Waals surface area contributed by atoms with Crippen molar-refractivity contribution < 1.29 is 13.2 Å². The molecule has 0 spiro atoms. The number of nitrogens with zero attached hydrogens (tertiary/aromatic N) is 3. The van der Waals surface area contributed by atoms with Crippen molar-refractivity contribution >= 4 is 24.2 Å². The standard InChI is InChI=1S/C18H15F3N4S.ClH/c19-18(20,21)16-7-6-13(10-23-16)15-8-14(9-22)24-17(25-15)26-11-12-4-2-1-3-5-12;/h1-8,10H,9,11,22H2;1H. The fraction of sp³-hybridized carbons (Fsp3) is 0.167. The van der Waals surface area contributed by atoms with E-state index in [1.807, 2.05) is 30.3 Å². The van der Waals surface area contributed by atoms with Crippen LogP contribution in [0.1, 0.15) is 17.0 Å². The first-order chi connectivity index (χ1) is 12.5. The third-order valence-electron chi connectivity index (χ3n) is 3.53. The van der Waals surface area contributed by atoms with Gasteiger partial charge in [0.2, 0.25) is 0 Å². The number of pyridine rings is 1. The van der Waals surface area contributed by atoms with Crippen LogP contribution in [0.5, 0.6) is 0 Å². The first-order valence-corrected chi connectivity index (χ1v) is 8.72. The van der Waals surface area contributed by atoms with Gasteiger partial charge < -0.3 is 5.73 Å². The average molecular weight is 413 g/mol. The smallest absolute Gasteiger partial charge is 0.325 e. The minimum atomic E-state index is -4.47. The van der Waals surface area contributed by atoms with Crippen LogP contribution in [0.25, 0.3) is 11.3 Å². The second kappa shape index (κ2) is 9.16. The summed E-state index contributed by atoms with van der Waals surface area (Å²) in [5.74, 6) is 0.680. The number of rotatable bonds is 5. The molecular formula is C18H16ClF3N4S. The Labute approximate surface area is 164 Å². The van der Waals surface area contributed by atoms with E-state index >= 15 is 0 Å². The van der Waals surface area contributed by atoms with E-state index in [0.717, 1.165) is 17.8 Å². The molecule has 0 saturated heterocycles. The Bertz CT molecular complexity index is 874. The van der Waals surface area contributed by atoms with Crippen LogP contribution in [0.4, 0.5) is 13.2 Å². The Morgan fingerprint density at radius 3 is 2.33 bits per heavy atom. The molecule has 0 aliphatic heterocycles. The number of thioether (sulfide) groups is 1. The molecule has 3 aromatic rings. The van der Waals surface area contributed by atoms with Gasteiger partial charge in [0, 0.05) is 24.1 Å². The quantitative estimate of drug-likeness (QED) is 0.484. The van der Waals surface area contributed by atoms with E-state index in [4.69, 9.17) is 5.73 Å². The largest absolute Gasteiger partial charge is 0.433 e. The third kappa shape index (κ3) is 5.66. The fourth-order valence-electron chi connectivity index (χ4n) is 2.23. The molecule has 3 rings (SSSR count). The number of hydrogen-bond acceptors (Lipinski definition) is 5. The van der Waals surface area contributed by atoms with Gasteiger partial charge >= 0.3 is 6.18 Å². The molecule has 0 amide bonds. The Kier molecular flexibility index (Phi) is 7.18. The summed E-state index contributed by atoms with van der Waals surface area (Å²) < 4.78 is 38.0. The van der Waals surface area contributed by atoms with Crippen molar-refractivity contribution in [3.63, 3.8) is 0 Å². The van der Waals surface area contributed by atoms with Crippen molar-refractivity contribution in [3.8, 4) is 11.3 Å². The average Bonchev–Trinajstić information content (AvgIpc) is 2.66. The number of hydrogen-bond donors (Lipinski definition) is 1. The minimum Gasteiger partial charge on any atom is -0.325 e. The molecule has 0 bridgehead atoms. The van der Waals surface area contributed by atoms with E-state index in [-0.39, 0.29) is 19.0 Å². The monoisotopic (exact) mass is 412 g/mol. The Morgan fingerprint density at radius 2 is 1.74 bits per heavy atom. The zero-order chi connectivity index (χ0) is 18.6. The lowest BCUT2D eigenvalue weighted by atomic mass is 10.1. The molecule has 2 N–H and O–H groups in total. The highest BCUT2D eigenvalue weighted by Crippen LogP contribution is 2.29. The van der Waals surface area contributed by atoms with Crippen molar-refractivity contribution in [2.24, 2.45) is 5.73 Å². The maximum atomic E-state index is 12.7. The third-order valence-corrected chi connectivity index (χ3v) is 4.45. The van der Waals surface area contributed by atoms with Crippen molar-refractivity contribution in [2.75, 3.05) is 0 Å². The SMILES string of the molecule is Cl.NCc1cc(-c2ccc(C(F)(F)F)nc2)nc(SCc2ccccc2)n1. The Morgan fingerprint density at radius 1 is 1.00 bits per heavy atom. The molecular weight excluding hydrogens is 397 g/mol. The highest BCUT2D eigenvalue weighted by Gasteiger charge is 2.32. The molecule has 2 aromatic heterocycles. The highest BCUT2D eigenvalue weighted by atomic mass is 35.5. The summed E-state index contributed by atoms with van der Waals surface area (Å²) in [6.07, 6.45) is -3.31. The van der Waals surface area contributed by atoms with Gasteiger partial charge in [-0.1, -0.05) is 42.1 Å². The summed E-state index contributed by atoms with van der Waals surface area (Å²) in [6.45, 7) is 0.211. The predicted octanol–water partition coefficient (Wildman–Crippen LogP) is 4.73. The minimum absolute atomic E-state index is 0. The summed E-state index contributed by atoms with van der Waals surface area (Å²) >= 11 is 1.44. The van der Waals surface area contributed by atoms with E-state index in [1.165, 1.54) is 17.8 Å². The zero-order valence-corrected chi connectivity index (χ0v) is 15.6. The lowest BCUT2D eigenvalue weighted by Crippen LogP contribution is -2.07. The second-order valence-electron chi connectivity index (χ2n) is 5.44. The van der Waals surface area contributed by atoms with Crippen molar-refractivity contribution in [2.45, 2.75) is 23.6 Å². The van der Waals surface area contributed by atoms with Crippen LogP contribution in [0.2, 0.25) is 0 Å². The number of alkyl halides is 3. The van der Waals surface area contributed by atoms with Gasteiger partial charge in [-0.05, 0) is 23.8 Å². The topological polar surface area (TPSA) is 64.7 Å². The lowest BCUT2D eigenvalue weighted by molar-refractivity contribution is -0.141. The Hall–Kier alpha value is -2.16. The van der Waals surface area contributed by atoms with Gasteiger partial charge in [-0.25, -0.2) is 9.97 Å². The number of benzene rings is 1. The van der Waals surface area contributed by atoms with E-state index in [9.17, 15) is 13.2 Å².